The second kappa shape index (κ2) is 7.29. The smallest absolute Gasteiger partial charge is 0.433 e. The Hall–Kier alpha value is -2.31. The molecule has 0 radical (unpaired) electrons. The normalized spacial score (nSPS) is 16.0. The van der Waals surface area contributed by atoms with Crippen molar-refractivity contribution in [2.75, 3.05) is 5.32 Å². The summed E-state index contributed by atoms with van der Waals surface area (Å²) >= 11 is 0. The molecule has 1 saturated carbocycles. The van der Waals surface area contributed by atoms with Gasteiger partial charge in [-0.3, -0.25) is 0 Å². The van der Waals surface area contributed by atoms with Crippen LogP contribution in [0.25, 0.3) is 0 Å². The maximum absolute atomic E-state index is 13.2. The topological polar surface area (TPSA) is 58.0 Å². The van der Waals surface area contributed by atoms with Gasteiger partial charge < -0.3 is 10.4 Å². The first-order chi connectivity index (χ1) is 11.9. The molecule has 0 atom stereocenters. The average Bonchev–Trinajstić information content (AvgIpc) is 2.60. The van der Waals surface area contributed by atoms with Gasteiger partial charge in [-0.25, -0.2) is 9.97 Å². The summed E-state index contributed by atoms with van der Waals surface area (Å²) in [6, 6.07) is 7.60. The Morgan fingerprint density at radius 3 is 2.52 bits per heavy atom. The van der Waals surface area contributed by atoms with Crippen molar-refractivity contribution in [3.8, 4) is 5.75 Å². The number of hydrogen-bond acceptors (Lipinski definition) is 4. The van der Waals surface area contributed by atoms with Gasteiger partial charge in [0.1, 0.15) is 11.4 Å². The Bertz CT molecular complexity index is 728. The van der Waals surface area contributed by atoms with E-state index >= 15 is 0 Å². The molecule has 2 N–H and O–H groups in total. The van der Waals surface area contributed by atoms with Crippen molar-refractivity contribution in [1.82, 2.24) is 9.97 Å². The number of benzene rings is 1. The van der Waals surface area contributed by atoms with Crippen molar-refractivity contribution in [1.29, 1.82) is 0 Å². The molecule has 1 fully saturated rings. The molecule has 134 valence electrons. The average molecular weight is 351 g/mol. The lowest BCUT2D eigenvalue weighted by Gasteiger charge is -2.22. The van der Waals surface area contributed by atoms with E-state index in [4.69, 9.17) is 0 Å². The Kier molecular flexibility index (Phi) is 5.11. The van der Waals surface area contributed by atoms with Gasteiger partial charge in [0.2, 0.25) is 5.95 Å². The summed E-state index contributed by atoms with van der Waals surface area (Å²) in [6.45, 7) is 0.236. The molecule has 7 heteroatoms. The van der Waals surface area contributed by atoms with Crippen LogP contribution < -0.4 is 5.32 Å². The first-order valence-electron chi connectivity index (χ1n) is 8.40. The number of alkyl halides is 3. The molecular weight excluding hydrogens is 331 g/mol. The SMILES string of the molecule is Oc1cccc(CNc2nc(C3CCCCC3)cc(C(F)(F)F)n2)c1. The molecule has 3 rings (SSSR count). The van der Waals surface area contributed by atoms with Crippen molar-refractivity contribution in [3.63, 3.8) is 0 Å². The summed E-state index contributed by atoms with van der Waals surface area (Å²) in [4.78, 5) is 7.95. The van der Waals surface area contributed by atoms with Crippen molar-refractivity contribution in [2.45, 2.75) is 50.7 Å². The lowest BCUT2D eigenvalue weighted by atomic mass is 9.86. The number of phenolic OH excluding ortho intramolecular Hbond substituents is 1. The monoisotopic (exact) mass is 351 g/mol. The van der Waals surface area contributed by atoms with Crippen molar-refractivity contribution in [3.05, 3.63) is 47.3 Å². The molecule has 25 heavy (non-hydrogen) atoms. The molecular formula is C18H20F3N3O. The molecule has 0 aliphatic heterocycles. The second-order valence-electron chi connectivity index (χ2n) is 6.36. The van der Waals surface area contributed by atoms with Crippen LogP contribution in [0.4, 0.5) is 19.1 Å². The molecule has 0 spiro atoms. The number of aromatic hydroxyl groups is 1. The number of anilines is 1. The van der Waals surface area contributed by atoms with Gasteiger partial charge in [0.05, 0.1) is 0 Å². The second-order valence-corrected chi connectivity index (χ2v) is 6.36. The zero-order chi connectivity index (χ0) is 17.9. The molecule has 0 saturated heterocycles. The minimum atomic E-state index is -4.51. The predicted octanol–water partition coefficient (Wildman–Crippen LogP) is 4.86. The predicted molar refractivity (Wildman–Crippen MR) is 88.3 cm³/mol. The van der Waals surface area contributed by atoms with E-state index < -0.39 is 11.9 Å². The molecule has 4 nitrogen and oxygen atoms in total. The summed E-state index contributed by atoms with van der Waals surface area (Å²) in [5.41, 5.74) is 0.280. The van der Waals surface area contributed by atoms with Crippen LogP contribution in [0.3, 0.4) is 0 Å². The van der Waals surface area contributed by atoms with Crippen LogP contribution >= 0.6 is 0 Å². The fourth-order valence-electron chi connectivity index (χ4n) is 3.15. The highest BCUT2D eigenvalue weighted by molar-refractivity contribution is 5.34. The number of phenols is 1. The van der Waals surface area contributed by atoms with Crippen molar-refractivity contribution < 1.29 is 18.3 Å². The molecule has 2 aromatic rings. The van der Waals surface area contributed by atoms with E-state index in [1.165, 1.54) is 6.07 Å². The first kappa shape index (κ1) is 17.5. The van der Waals surface area contributed by atoms with Gasteiger partial charge in [-0.1, -0.05) is 31.4 Å². The van der Waals surface area contributed by atoms with Crippen LogP contribution in [0.2, 0.25) is 0 Å². The number of halogens is 3. The van der Waals surface area contributed by atoms with E-state index in [0.717, 1.165) is 43.7 Å². The maximum Gasteiger partial charge on any atom is 0.433 e. The van der Waals surface area contributed by atoms with Gasteiger partial charge in [-0.15, -0.1) is 0 Å². The minimum Gasteiger partial charge on any atom is -0.508 e. The fraction of sp³-hybridized carbons (Fsp3) is 0.444. The third kappa shape index (κ3) is 4.61. The molecule has 0 bridgehead atoms. The number of nitrogens with zero attached hydrogens (tertiary/aromatic N) is 2. The third-order valence-corrected chi connectivity index (χ3v) is 4.42. The third-order valence-electron chi connectivity index (χ3n) is 4.42. The highest BCUT2D eigenvalue weighted by Gasteiger charge is 2.34. The largest absolute Gasteiger partial charge is 0.508 e. The zero-order valence-electron chi connectivity index (χ0n) is 13.7. The van der Waals surface area contributed by atoms with E-state index in [-0.39, 0.29) is 24.2 Å². The van der Waals surface area contributed by atoms with Gasteiger partial charge in [0.25, 0.3) is 0 Å². The molecule has 1 heterocycles. The van der Waals surface area contributed by atoms with Crippen LogP contribution in [0, 0.1) is 0 Å². The van der Waals surface area contributed by atoms with E-state index in [9.17, 15) is 18.3 Å². The number of nitrogens with one attached hydrogen (secondary N) is 1. The van der Waals surface area contributed by atoms with Crippen LogP contribution in [-0.4, -0.2) is 15.1 Å². The number of aromatic nitrogens is 2. The van der Waals surface area contributed by atoms with Gasteiger partial charge >= 0.3 is 6.18 Å². The van der Waals surface area contributed by atoms with Gasteiger partial charge in [0.15, 0.2) is 0 Å². The minimum absolute atomic E-state index is 0.0289. The molecule has 1 aliphatic rings. The Morgan fingerprint density at radius 1 is 1.08 bits per heavy atom. The van der Waals surface area contributed by atoms with Crippen molar-refractivity contribution in [2.24, 2.45) is 0 Å². The molecule has 1 aliphatic carbocycles. The summed E-state index contributed by atoms with van der Waals surface area (Å²) in [5.74, 6) is 0.130. The number of hydrogen-bond donors (Lipinski definition) is 2. The van der Waals surface area contributed by atoms with E-state index in [2.05, 4.69) is 15.3 Å². The highest BCUT2D eigenvalue weighted by Crippen LogP contribution is 2.35. The van der Waals surface area contributed by atoms with E-state index in [0.29, 0.717) is 5.69 Å². The van der Waals surface area contributed by atoms with Gasteiger partial charge in [0, 0.05) is 18.2 Å². The first-order valence-corrected chi connectivity index (χ1v) is 8.40. The molecule has 0 unspecified atom stereocenters. The quantitative estimate of drug-likeness (QED) is 0.826. The van der Waals surface area contributed by atoms with Crippen LogP contribution in [-0.2, 0) is 12.7 Å². The highest BCUT2D eigenvalue weighted by atomic mass is 19.4. The summed E-state index contributed by atoms with van der Waals surface area (Å²) in [5, 5.41) is 12.3. The lowest BCUT2D eigenvalue weighted by Crippen LogP contribution is -2.16. The molecule has 0 amide bonds. The fourth-order valence-corrected chi connectivity index (χ4v) is 3.15. The van der Waals surface area contributed by atoms with Crippen LogP contribution in [0.15, 0.2) is 30.3 Å². The van der Waals surface area contributed by atoms with Crippen LogP contribution in [0.5, 0.6) is 5.75 Å². The van der Waals surface area contributed by atoms with E-state index in [1.54, 1.807) is 18.2 Å². The van der Waals surface area contributed by atoms with Gasteiger partial charge in [-0.05, 0) is 36.6 Å². The zero-order valence-corrected chi connectivity index (χ0v) is 13.7. The standard InChI is InChI=1S/C18H20F3N3O/c19-18(20,21)16-10-15(13-6-2-1-3-7-13)23-17(24-16)22-11-12-5-4-8-14(25)9-12/h4-5,8-10,13,25H,1-3,6-7,11H2,(H,22,23,24). The number of rotatable bonds is 4. The van der Waals surface area contributed by atoms with Crippen molar-refractivity contribution >= 4 is 5.95 Å². The molecule has 1 aromatic carbocycles. The van der Waals surface area contributed by atoms with Gasteiger partial charge in [-0.2, -0.15) is 13.2 Å². The van der Waals surface area contributed by atoms with Crippen LogP contribution in [0.1, 0.15) is 55.0 Å². The Labute approximate surface area is 144 Å². The van der Waals surface area contributed by atoms with E-state index in [1.807, 2.05) is 0 Å². The molecule has 1 aromatic heterocycles. The lowest BCUT2D eigenvalue weighted by molar-refractivity contribution is -0.141. The summed E-state index contributed by atoms with van der Waals surface area (Å²) < 4.78 is 39.5. The summed E-state index contributed by atoms with van der Waals surface area (Å²) in [7, 11) is 0. The maximum atomic E-state index is 13.2. The Balaban J connectivity index is 1.84. The Morgan fingerprint density at radius 2 is 1.84 bits per heavy atom. The summed E-state index contributed by atoms with van der Waals surface area (Å²) in [6.07, 6.45) is 0.370.